The number of hydrogen-bond donors (Lipinski definition) is 3. The second-order valence-corrected chi connectivity index (χ2v) is 3.14. The summed E-state index contributed by atoms with van der Waals surface area (Å²) in [5.41, 5.74) is 0. The van der Waals surface area contributed by atoms with Crippen LogP contribution in [0.15, 0.2) is 0 Å². The molecule has 0 spiro atoms. The summed E-state index contributed by atoms with van der Waals surface area (Å²) in [6.07, 6.45) is 0.233. The summed E-state index contributed by atoms with van der Waals surface area (Å²) in [7, 11) is 4.87. The third-order valence-corrected chi connectivity index (χ3v) is 2.12. The van der Waals surface area contributed by atoms with Gasteiger partial charge in [-0.1, -0.05) is 12.2 Å². The topological polar surface area (TPSA) is 78.4 Å². The zero-order valence-electron chi connectivity index (χ0n) is 6.61. The molecule has 1 amide bonds. The Bertz CT molecular complexity index is 271. The highest BCUT2D eigenvalue weighted by molar-refractivity contribution is 7.80. The molecule has 0 saturated carbocycles. The Morgan fingerprint density at radius 3 is 2.69 bits per heavy atom. The summed E-state index contributed by atoms with van der Waals surface area (Å²) < 4.78 is 0. The summed E-state index contributed by atoms with van der Waals surface area (Å²) in [6, 6.07) is -1.20. The highest BCUT2D eigenvalue weighted by atomic mass is 32.1. The largest absolute Gasteiger partial charge is 0.480 e. The van der Waals surface area contributed by atoms with E-state index in [1.807, 2.05) is 0 Å². The average Bonchev–Trinajstić information content (AvgIpc) is 2.31. The van der Waals surface area contributed by atoms with Gasteiger partial charge in [0, 0.05) is 6.42 Å². The van der Waals surface area contributed by atoms with E-state index in [4.69, 9.17) is 25.2 Å². The number of carboxylic acid groups (broad SMARTS) is 1. The molecule has 0 aromatic heterocycles. The van der Waals surface area contributed by atoms with Crippen LogP contribution in [0.3, 0.4) is 0 Å². The molecular formula is C6H7BN2O3S. The molecule has 7 heteroatoms. The molecule has 3 N–H and O–H groups in total. The van der Waals surface area contributed by atoms with E-state index in [2.05, 4.69) is 10.6 Å². The van der Waals surface area contributed by atoms with Crippen LogP contribution in [0.4, 0.5) is 4.79 Å². The summed E-state index contributed by atoms with van der Waals surface area (Å²) in [5, 5.41) is 13.5. The van der Waals surface area contributed by atoms with Crippen LogP contribution in [-0.4, -0.2) is 41.8 Å². The van der Waals surface area contributed by atoms with Crippen LogP contribution in [0.2, 0.25) is 0 Å². The minimum absolute atomic E-state index is 0.233. The molecule has 1 aliphatic heterocycles. The van der Waals surface area contributed by atoms with Gasteiger partial charge in [-0.2, -0.15) is 0 Å². The molecule has 68 valence electrons. The number of hydrogen-bond acceptors (Lipinski definition) is 3. The smallest absolute Gasteiger partial charge is 0.326 e. The van der Waals surface area contributed by atoms with Gasteiger partial charge in [-0.15, -0.1) is 0 Å². The highest BCUT2D eigenvalue weighted by Gasteiger charge is 2.33. The maximum Gasteiger partial charge on any atom is 0.326 e. The molecule has 1 heterocycles. The van der Waals surface area contributed by atoms with Crippen LogP contribution in [0.1, 0.15) is 6.42 Å². The number of rotatable bonds is 2. The van der Waals surface area contributed by atoms with Gasteiger partial charge in [0.05, 0.1) is 11.0 Å². The first-order valence-corrected chi connectivity index (χ1v) is 4.00. The Labute approximate surface area is 81.3 Å². The lowest BCUT2D eigenvalue weighted by Crippen LogP contribution is -2.38. The number of carbonyl (C=O) groups is 2. The van der Waals surface area contributed by atoms with Gasteiger partial charge >= 0.3 is 5.97 Å². The van der Waals surface area contributed by atoms with Gasteiger partial charge in [-0.25, -0.2) is 4.79 Å². The number of nitrogens with one attached hydrogen (secondary N) is 2. The van der Waals surface area contributed by atoms with Crippen molar-refractivity contribution < 1.29 is 14.7 Å². The van der Waals surface area contributed by atoms with Gasteiger partial charge < -0.3 is 15.7 Å². The van der Waals surface area contributed by atoms with Crippen molar-refractivity contribution in [2.75, 3.05) is 0 Å². The summed E-state index contributed by atoms with van der Waals surface area (Å²) in [4.78, 5) is 21.3. The fraction of sp³-hybridized carbons (Fsp3) is 0.500. The minimum atomic E-state index is -0.990. The Hall–Kier alpha value is -1.11. The quantitative estimate of drug-likeness (QED) is 0.392. The molecule has 1 saturated heterocycles. The van der Waals surface area contributed by atoms with Gasteiger partial charge in [0.15, 0.2) is 5.81 Å². The van der Waals surface area contributed by atoms with E-state index in [1.165, 1.54) is 0 Å². The van der Waals surface area contributed by atoms with Gasteiger partial charge in [0.2, 0.25) is 7.85 Å². The summed E-state index contributed by atoms with van der Waals surface area (Å²) in [5.74, 6) is -1.70. The zero-order valence-corrected chi connectivity index (χ0v) is 7.43. The Morgan fingerprint density at radius 1 is 1.69 bits per heavy atom. The first-order chi connectivity index (χ1) is 6.00. The van der Waals surface area contributed by atoms with Crippen LogP contribution in [0.25, 0.3) is 0 Å². The molecule has 2 unspecified atom stereocenters. The van der Waals surface area contributed by atoms with Crippen molar-refractivity contribution in [3.63, 3.8) is 0 Å². The van der Waals surface area contributed by atoms with E-state index in [1.54, 1.807) is 0 Å². The monoisotopic (exact) mass is 198 g/mol. The zero-order chi connectivity index (χ0) is 10.0. The van der Waals surface area contributed by atoms with Crippen molar-refractivity contribution in [1.82, 2.24) is 10.6 Å². The van der Waals surface area contributed by atoms with E-state index in [0.717, 1.165) is 0 Å². The molecule has 2 radical (unpaired) electrons. The summed E-state index contributed by atoms with van der Waals surface area (Å²) in [6.45, 7) is 0. The lowest BCUT2D eigenvalue weighted by Gasteiger charge is -2.08. The van der Waals surface area contributed by atoms with Crippen molar-refractivity contribution in [2.24, 2.45) is 0 Å². The minimum Gasteiger partial charge on any atom is -0.480 e. The number of aliphatic carboxylic acids is 1. The Kier molecular flexibility index (Phi) is 2.87. The molecule has 5 nitrogen and oxygen atoms in total. The predicted molar refractivity (Wildman–Crippen MR) is 49.8 cm³/mol. The number of carbonyl (C=O) groups excluding carboxylic acids is 1. The Morgan fingerprint density at radius 2 is 2.31 bits per heavy atom. The van der Waals surface area contributed by atoms with Crippen LogP contribution < -0.4 is 10.6 Å². The first kappa shape index (κ1) is 9.98. The van der Waals surface area contributed by atoms with E-state index in [0.29, 0.717) is 4.99 Å². The van der Waals surface area contributed by atoms with E-state index >= 15 is 0 Å². The fourth-order valence-corrected chi connectivity index (χ4v) is 1.43. The molecular weight excluding hydrogens is 191 g/mol. The third kappa shape index (κ3) is 2.41. The molecule has 13 heavy (non-hydrogen) atoms. The number of carboxylic acids is 1. The Balaban J connectivity index is 2.56. The van der Waals surface area contributed by atoms with E-state index < -0.39 is 23.9 Å². The van der Waals surface area contributed by atoms with Crippen molar-refractivity contribution in [1.29, 1.82) is 0 Å². The number of amides is 1. The highest BCUT2D eigenvalue weighted by Crippen LogP contribution is 2.09. The standard InChI is InChI=1S/C6H7BN2O3S/c7-6(12)9-2-1-3(5(10)11)8-4(2)13/h2-3H,1H2,(H,8,13)(H,9,12)(H,10,11). The SMILES string of the molecule is [B]C(=O)NC1CC(C(=O)O)NC1=S. The summed E-state index contributed by atoms with van der Waals surface area (Å²) >= 11 is 4.81. The van der Waals surface area contributed by atoms with Gasteiger partial charge in [0.1, 0.15) is 6.04 Å². The van der Waals surface area contributed by atoms with Gasteiger partial charge in [0.25, 0.3) is 0 Å². The van der Waals surface area contributed by atoms with Crippen LogP contribution in [-0.2, 0) is 4.79 Å². The van der Waals surface area contributed by atoms with Crippen LogP contribution in [0, 0.1) is 0 Å². The lowest BCUT2D eigenvalue weighted by atomic mass is 10.1. The molecule has 0 bridgehead atoms. The van der Waals surface area contributed by atoms with Crippen molar-refractivity contribution >= 4 is 36.8 Å². The lowest BCUT2D eigenvalue weighted by molar-refractivity contribution is -0.138. The van der Waals surface area contributed by atoms with Crippen molar-refractivity contribution in [2.45, 2.75) is 18.5 Å². The molecule has 1 fully saturated rings. The molecule has 0 aromatic rings. The van der Waals surface area contributed by atoms with Gasteiger partial charge in [-0.05, 0) is 0 Å². The molecule has 1 aliphatic rings. The normalized spacial score (nSPS) is 26.6. The maximum absolute atomic E-state index is 10.5. The second kappa shape index (κ2) is 3.74. The second-order valence-electron chi connectivity index (χ2n) is 2.70. The van der Waals surface area contributed by atoms with E-state index in [-0.39, 0.29) is 6.42 Å². The number of thiocarbonyl (C=S) groups is 1. The van der Waals surface area contributed by atoms with Crippen molar-refractivity contribution in [3.8, 4) is 0 Å². The van der Waals surface area contributed by atoms with Crippen molar-refractivity contribution in [3.05, 3.63) is 0 Å². The third-order valence-electron chi connectivity index (χ3n) is 1.72. The first-order valence-electron chi connectivity index (χ1n) is 3.60. The fourth-order valence-electron chi connectivity index (χ4n) is 1.13. The predicted octanol–water partition coefficient (Wildman–Crippen LogP) is -0.993. The molecule has 0 aliphatic carbocycles. The molecule has 2 atom stereocenters. The van der Waals surface area contributed by atoms with Gasteiger partial charge in [-0.3, -0.25) is 4.79 Å². The van der Waals surface area contributed by atoms with E-state index in [9.17, 15) is 9.59 Å². The average molecular weight is 198 g/mol. The molecule has 1 rings (SSSR count). The molecule has 0 aromatic carbocycles. The van der Waals surface area contributed by atoms with Crippen LogP contribution >= 0.6 is 12.2 Å². The maximum atomic E-state index is 10.5. The van der Waals surface area contributed by atoms with Crippen LogP contribution in [0.5, 0.6) is 0 Å².